The molecule has 1 unspecified atom stereocenters. The van der Waals surface area contributed by atoms with Crippen molar-refractivity contribution in [2.45, 2.75) is 45.6 Å². The van der Waals surface area contributed by atoms with Gasteiger partial charge in [-0.15, -0.1) is 0 Å². The molecule has 1 rings (SSSR count). The minimum Gasteiger partial charge on any atom is -0.378 e. The summed E-state index contributed by atoms with van der Waals surface area (Å²) < 4.78 is 5.46. The zero-order chi connectivity index (χ0) is 12.0. The number of amides is 1. The van der Waals surface area contributed by atoms with Crippen LogP contribution in [0, 0.1) is 5.92 Å². The van der Waals surface area contributed by atoms with Crippen LogP contribution in [0.3, 0.4) is 0 Å². The molecule has 0 aromatic rings. The average molecular weight is 227 g/mol. The summed E-state index contributed by atoms with van der Waals surface area (Å²) in [7, 11) is 0. The van der Waals surface area contributed by atoms with Crippen LogP contribution < -0.4 is 5.32 Å². The van der Waals surface area contributed by atoms with Gasteiger partial charge in [0.15, 0.2) is 5.78 Å². The van der Waals surface area contributed by atoms with Crippen molar-refractivity contribution in [1.82, 2.24) is 5.32 Å². The van der Waals surface area contributed by atoms with Gasteiger partial charge in [0, 0.05) is 12.5 Å². The Kier molecular flexibility index (Phi) is 5.46. The zero-order valence-corrected chi connectivity index (χ0v) is 10.1. The smallest absolute Gasteiger partial charge is 0.222 e. The number of hydrogen-bond acceptors (Lipinski definition) is 3. The molecule has 0 aromatic heterocycles. The molecule has 4 nitrogen and oxygen atoms in total. The highest BCUT2D eigenvalue weighted by Crippen LogP contribution is 2.15. The lowest BCUT2D eigenvalue weighted by molar-refractivity contribution is -0.128. The third-order valence-corrected chi connectivity index (χ3v) is 2.79. The summed E-state index contributed by atoms with van der Waals surface area (Å²) >= 11 is 0. The normalized spacial score (nSPS) is 20.8. The number of hydrogen-bond donors (Lipinski definition) is 1. The second kappa shape index (κ2) is 6.63. The Balaban J connectivity index is 2.17. The number of ether oxygens (including phenoxy) is 1. The van der Waals surface area contributed by atoms with Crippen LogP contribution in [0.5, 0.6) is 0 Å². The summed E-state index contributed by atoms with van der Waals surface area (Å²) in [5.74, 6) is -0.0370. The molecule has 1 atom stereocenters. The largest absolute Gasteiger partial charge is 0.378 e. The first-order chi connectivity index (χ1) is 7.59. The predicted molar refractivity (Wildman–Crippen MR) is 61.1 cm³/mol. The summed E-state index contributed by atoms with van der Waals surface area (Å²) in [5, 5.41) is 2.64. The molecular formula is C12H21NO3. The van der Waals surface area contributed by atoms with Gasteiger partial charge >= 0.3 is 0 Å². The van der Waals surface area contributed by atoms with Gasteiger partial charge in [0.2, 0.25) is 5.91 Å². The Morgan fingerprint density at radius 1 is 1.38 bits per heavy atom. The maximum atomic E-state index is 11.5. The first-order valence-corrected chi connectivity index (χ1v) is 6.00. The highest BCUT2D eigenvalue weighted by Gasteiger charge is 2.18. The molecule has 1 heterocycles. The fraction of sp³-hybridized carbons (Fsp3) is 0.833. The van der Waals surface area contributed by atoms with Crippen molar-refractivity contribution < 1.29 is 14.3 Å². The summed E-state index contributed by atoms with van der Waals surface area (Å²) in [6.45, 7) is 4.56. The number of carbonyl (C=O) groups is 2. The van der Waals surface area contributed by atoms with E-state index in [9.17, 15) is 9.59 Å². The van der Waals surface area contributed by atoms with Crippen molar-refractivity contribution in [3.63, 3.8) is 0 Å². The number of nitrogens with one attached hydrogen (secondary N) is 1. The molecule has 1 N–H and O–H groups in total. The minimum absolute atomic E-state index is 0.0220. The van der Waals surface area contributed by atoms with E-state index in [-0.39, 0.29) is 30.3 Å². The fourth-order valence-electron chi connectivity index (χ4n) is 1.64. The van der Waals surface area contributed by atoms with Gasteiger partial charge in [0.25, 0.3) is 0 Å². The van der Waals surface area contributed by atoms with Crippen molar-refractivity contribution >= 4 is 11.7 Å². The maximum absolute atomic E-state index is 11.5. The van der Waals surface area contributed by atoms with Crippen molar-refractivity contribution in [1.29, 1.82) is 0 Å². The highest BCUT2D eigenvalue weighted by molar-refractivity contribution is 5.87. The molecule has 1 aliphatic heterocycles. The number of ketones is 1. The minimum atomic E-state index is -0.0825. The molecule has 0 radical (unpaired) electrons. The molecule has 0 saturated carbocycles. The molecule has 16 heavy (non-hydrogen) atoms. The number of carbonyl (C=O) groups excluding carboxylic acids is 2. The van der Waals surface area contributed by atoms with E-state index in [0.29, 0.717) is 6.42 Å². The Morgan fingerprint density at radius 3 is 2.69 bits per heavy atom. The quantitative estimate of drug-likeness (QED) is 0.770. The molecule has 0 aromatic carbocycles. The molecule has 1 aliphatic rings. The van der Waals surface area contributed by atoms with E-state index in [0.717, 1.165) is 25.9 Å². The second-order valence-electron chi connectivity index (χ2n) is 4.59. The van der Waals surface area contributed by atoms with Gasteiger partial charge in [-0.05, 0) is 19.3 Å². The molecule has 0 aliphatic carbocycles. The van der Waals surface area contributed by atoms with Gasteiger partial charge in [-0.25, -0.2) is 0 Å². The van der Waals surface area contributed by atoms with Crippen molar-refractivity contribution in [3.8, 4) is 0 Å². The molecule has 0 bridgehead atoms. The molecule has 1 fully saturated rings. The van der Waals surface area contributed by atoms with E-state index in [1.165, 1.54) is 0 Å². The van der Waals surface area contributed by atoms with Crippen LogP contribution in [0.2, 0.25) is 0 Å². The SMILES string of the molecule is CC(C)C(=O)CNC(=O)CC1CCCCO1. The summed E-state index contributed by atoms with van der Waals surface area (Å²) in [6, 6.07) is 0. The van der Waals surface area contributed by atoms with Crippen LogP contribution in [0.15, 0.2) is 0 Å². The van der Waals surface area contributed by atoms with Gasteiger partial charge in [0.05, 0.1) is 19.1 Å². The lowest BCUT2D eigenvalue weighted by Crippen LogP contribution is -2.34. The Morgan fingerprint density at radius 2 is 2.12 bits per heavy atom. The lowest BCUT2D eigenvalue weighted by Gasteiger charge is -2.21. The van der Waals surface area contributed by atoms with E-state index >= 15 is 0 Å². The Hall–Kier alpha value is -0.900. The first kappa shape index (κ1) is 13.2. The van der Waals surface area contributed by atoms with E-state index < -0.39 is 0 Å². The molecular weight excluding hydrogens is 206 g/mol. The van der Waals surface area contributed by atoms with Gasteiger partial charge in [-0.1, -0.05) is 13.8 Å². The number of rotatable bonds is 5. The number of Topliss-reactive ketones (excluding diaryl/α,β-unsaturated/α-hetero) is 1. The topological polar surface area (TPSA) is 55.4 Å². The van der Waals surface area contributed by atoms with Crippen LogP contribution in [0.25, 0.3) is 0 Å². The van der Waals surface area contributed by atoms with Crippen LogP contribution in [0.4, 0.5) is 0 Å². The Bertz CT molecular complexity index is 245. The van der Waals surface area contributed by atoms with Gasteiger partial charge < -0.3 is 10.1 Å². The van der Waals surface area contributed by atoms with E-state index in [4.69, 9.17) is 4.74 Å². The molecule has 1 amide bonds. The average Bonchev–Trinajstić information content (AvgIpc) is 2.27. The fourth-order valence-corrected chi connectivity index (χ4v) is 1.64. The summed E-state index contributed by atoms with van der Waals surface area (Å²) in [5.41, 5.74) is 0. The maximum Gasteiger partial charge on any atom is 0.222 e. The predicted octanol–water partition coefficient (Wildman–Crippen LogP) is 1.29. The third kappa shape index (κ3) is 4.75. The van der Waals surface area contributed by atoms with Crippen LogP contribution in [-0.2, 0) is 14.3 Å². The van der Waals surface area contributed by atoms with Crippen LogP contribution in [-0.4, -0.2) is 30.9 Å². The van der Waals surface area contributed by atoms with E-state index in [1.807, 2.05) is 13.8 Å². The van der Waals surface area contributed by atoms with E-state index in [1.54, 1.807) is 0 Å². The van der Waals surface area contributed by atoms with Gasteiger partial charge in [0.1, 0.15) is 0 Å². The van der Waals surface area contributed by atoms with Gasteiger partial charge in [-0.2, -0.15) is 0 Å². The van der Waals surface area contributed by atoms with Crippen molar-refractivity contribution in [3.05, 3.63) is 0 Å². The van der Waals surface area contributed by atoms with E-state index in [2.05, 4.69) is 5.32 Å². The van der Waals surface area contributed by atoms with Gasteiger partial charge in [-0.3, -0.25) is 9.59 Å². The Labute approximate surface area is 96.7 Å². The van der Waals surface area contributed by atoms with Crippen molar-refractivity contribution in [2.24, 2.45) is 5.92 Å². The molecule has 1 saturated heterocycles. The monoisotopic (exact) mass is 227 g/mol. The summed E-state index contributed by atoms with van der Waals surface area (Å²) in [6.07, 6.45) is 3.59. The van der Waals surface area contributed by atoms with Crippen LogP contribution >= 0.6 is 0 Å². The first-order valence-electron chi connectivity index (χ1n) is 6.00. The highest BCUT2D eigenvalue weighted by atomic mass is 16.5. The van der Waals surface area contributed by atoms with Crippen LogP contribution in [0.1, 0.15) is 39.5 Å². The standard InChI is InChI=1S/C12H21NO3/c1-9(2)11(14)8-13-12(15)7-10-5-3-4-6-16-10/h9-10H,3-8H2,1-2H3,(H,13,15). The molecule has 4 heteroatoms. The lowest BCUT2D eigenvalue weighted by atomic mass is 10.1. The second-order valence-corrected chi connectivity index (χ2v) is 4.59. The van der Waals surface area contributed by atoms with Crippen molar-refractivity contribution in [2.75, 3.05) is 13.2 Å². The summed E-state index contributed by atoms with van der Waals surface area (Å²) in [4.78, 5) is 22.8. The molecule has 0 spiro atoms. The molecule has 92 valence electrons. The zero-order valence-electron chi connectivity index (χ0n) is 10.1. The third-order valence-electron chi connectivity index (χ3n) is 2.79.